The van der Waals surface area contributed by atoms with Gasteiger partial charge in [-0.15, -0.1) is 0 Å². The van der Waals surface area contributed by atoms with Crippen LogP contribution in [0.15, 0.2) is 12.2 Å². The number of likely N-dealkylation sites (N-methyl/N-ethyl adjacent to an activating group) is 1. The lowest BCUT2D eigenvalue weighted by Crippen LogP contribution is -2.30. The van der Waals surface area contributed by atoms with Crippen molar-refractivity contribution in [1.29, 1.82) is 0 Å². The number of carbonyl (C=O) groups is 1. The fourth-order valence-electron chi connectivity index (χ4n) is 0.452. The maximum Gasteiger partial charge on any atom is 0.246 e. The van der Waals surface area contributed by atoms with Crippen LogP contribution in [-0.2, 0) is 4.79 Å². The lowest BCUT2D eigenvalue weighted by molar-refractivity contribution is -0.117. The van der Waals surface area contributed by atoms with Crippen molar-refractivity contribution in [2.24, 2.45) is 0 Å². The standard InChI is InChI=1S/C7H14N2O.C2H6/c1-6(2)7(10)9-5-4-8-3;1-2/h8H,1,4-5H2,2-3H3,(H,9,10);1-2H3. The lowest BCUT2D eigenvalue weighted by Gasteiger charge is -2.02. The molecule has 0 bridgehead atoms. The van der Waals surface area contributed by atoms with Crippen LogP contribution >= 0.6 is 0 Å². The molecule has 0 heterocycles. The lowest BCUT2D eigenvalue weighted by atomic mass is 10.3. The van der Waals surface area contributed by atoms with Gasteiger partial charge in [-0.2, -0.15) is 0 Å². The fourth-order valence-corrected chi connectivity index (χ4v) is 0.452. The van der Waals surface area contributed by atoms with Gasteiger partial charge in [0.2, 0.25) is 5.91 Å². The Balaban J connectivity index is 0. The summed E-state index contributed by atoms with van der Waals surface area (Å²) in [6.07, 6.45) is 0. The van der Waals surface area contributed by atoms with E-state index < -0.39 is 0 Å². The molecule has 0 aliphatic rings. The fraction of sp³-hybridized carbons (Fsp3) is 0.667. The summed E-state index contributed by atoms with van der Waals surface area (Å²) in [7, 11) is 1.84. The SMILES string of the molecule is C=C(C)C(=O)NCCNC.CC. The monoisotopic (exact) mass is 172 g/mol. The van der Waals surface area contributed by atoms with Crippen molar-refractivity contribution in [3.8, 4) is 0 Å². The Morgan fingerprint density at radius 1 is 1.33 bits per heavy atom. The van der Waals surface area contributed by atoms with Gasteiger partial charge in [-0.1, -0.05) is 20.4 Å². The van der Waals surface area contributed by atoms with Crippen molar-refractivity contribution < 1.29 is 4.79 Å². The van der Waals surface area contributed by atoms with E-state index in [-0.39, 0.29) is 5.91 Å². The molecule has 0 fully saturated rings. The van der Waals surface area contributed by atoms with Gasteiger partial charge in [0.05, 0.1) is 0 Å². The molecule has 0 saturated heterocycles. The highest BCUT2D eigenvalue weighted by Gasteiger charge is 1.97. The molecule has 0 saturated carbocycles. The molecule has 0 aliphatic heterocycles. The van der Waals surface area contributed by atoms with E-state index >= 15 is 0 Å². The molecule has 0 rings (SSSR count). The maximum atomic E-state index is 10.8. The van der Waals surface area contributed by atoms with Gasteiger partial charge >= 0.3 is 0 Å². The Kier molecular flexibility index (Phi) is 11.6. The second-order valence-electron chi connectivity index (χ2n) is 2.14. The van der Waals surface area contributed by atoms with Crippen LogP contribution in [-0.4, -0.2) is 26.0 Å². The number of rotatable bonds is 4. The van der Waals surface area contributed by atoms with Crippen molar-refractivity contribution in [2.45, 2.75) is 20.8 Å². The summed E-state index contributed by atoms with van der Waals surface area (Å²) in [4.78, 5) is 10.8. The van der Waals surface area contributed by atoms with Gasteiger partial charge in [0.25, 0.3) is 0 Å². The minimum atomic E-state index is -0.0738. The second-order valence-corrected chi connectivity index (χ2v) is 2.14. The number of amides is 1. The molecule has 72 valence electrons. The molecule has 12 heavy (non-hydrogen) atoms. The molecule has 0 aromatic heterocycles. The Labute approximate surface area is 75.2 Å². The van der Waals surface area contributed by atoms with Crippen LogP contribution in [0.5, 0.6) is 0 Å². The van der Waals surface area contributed by atoms with Crippen molar-refractivity contribution in [2.75, 3.05) is 20.1 Å². The van der Waals surface area contributed by atoms with Crippen LogP contribution in [0.1, 0.15) is 20.8 Å². The summed E-state index contributed by atoms with van der Waals surface area (Å²) < 4.78 is 0. The largest absolute Gasteiger partial charge is 0.351 e. The molecule has 0 unspecified atom stereocenters. The Hall–Kier alpha value is -0.830. The van der Waals surface area contributed by atoms with Crippen molar-refractivity contribution >= 4 is 5.91 Å². The first-order valence-electron chi connectivity index (χ1n) is 4.26. The first kappa shape index (κ1) is 13.7. The van der Waals surface area contributed by atoms with Crippen LogP contribution in [0, 0.1) is 0 Å². The highest BCUT2D eigenvalue weighted by molar-refractivity contribution is 5.92. The molecule has 0 aromatic carbocycles. The van der Waals surface area contributed by atoms with E-state index in [2.05, 4.69) is 17.2 Å². The van der Waals surface area contributed by atoms with E-state index in [0.717, 1.165) is 6.54 Å². The third-order valence-corrected chi connectivity index (χ3v) is 1.05. The normalized spacial score (nSPS) is 8.00. The van der Waals surface area contributed by atoms with E-state index in [1.54, 1.807) is 6.92 Å². The third kappa shape index (κ3) is 9.17. The highest BCUT2D eigenvalue weighted by atomic mass is 16.1. The van der Waals surface area contributed by atoms with Crippen LogP contribution in [0.25, 0.3) is 0 Å². The quantitative estimate of drug-likeness (QED) is 0.489. The zero-order valence-electron chi connectivity index (χ0n) is 8.53. The van der Waals surface area contributed by atoms with Crippen molar-refractivity contribution in [1.82, 2.24) is 10.6 Å². The zero-order valence-corrected chi connectivity index (χ0v) is 8.53. The molecule has 2 N–H and O–H groups in total. The average Bonchev–Trinajstić information content (AvgIpc) is 2.08. The second kappa shape index (κ2) is 10.2. The number of nitrogens with one attached hydrogen (secondary N) is 2. The molecule has 0 aliphatic carbocycles. The van der Waals surface area contributed by atoms with E-state index in [9.17, 15) is 4.79 Å². The molecule has 0 radical (unpaired) electrons. The highest BCUT2D eigenvalue weighted by Crippen LogP contribution is 1.83. The summed E-state index contributed by atoms with van der Waals surface area (Å²) in [5.41, 5.74) is 0.552. The van der Waals surface area contributed by atoms with Gasteiger partial charge < -0.3 is 10.6 Å². The molecular weight excluding hydrogens is 152 g/mol. The van der Waals surface area contributed by atoms with Crippen molar-refractivity contribution in [3.63, 3.8) is 0 Å². The summed E-state index contributed by atoms with van der Waals surface area (Å²) in [6, 6.07) is 0. The van der Waals surface area contributed by atoms with Crippen LogP contribution < -0.4 is 10.6 Å². The predicted octanol–water partition coefficient (Wildman–Crippen LogP) is 0.924. The predicted molar refractivity (Wildman–Crippen MR) is 53.1 cm³/mol. The zero-order chi connectivity index (χ0) is 9.98. The Morgan fingerprint density at radius 2 is 1.83 bits per heavy atom. The molecule has 3 heteroatoms. The van der Waals surface area contributed by atoms with Gasteiger partial charge in [0, 0.05) is 18.7 Å². The van der Waals surface area contributed by atoms with Gasteiger partial charge in [-0.05, 0) is 14.0 Å². The summed E-state index contributed by atoms with van der Waals surface area (Å²) in [5.74, 6) is -0.0738. The minimum Gasteiger partial charge on any atom is -0.351 e. The van der Waals surface area contributed by atoms with Crippen LogP contribution in [0.4, 0.5) is 0 Å². The van der Waals surface area contributed by atoms with E-state index in [4.69, 9.17) is 0 Å². The van der Waals surface area contributed by atoms with Gasteiger partial charge in [0.1, 0.15) is 0 Å². The molecule has 3 nitrogen and oxygen atoms in total. The Bertz CT molecular complexity index is 132. The topological polar surface area (TPSA) is 41.1 Å². The van der Waals surface area contributed by atoms with Crippen LogP contribution in [0.2, 0.25) is 0 Å². The number of hydrogen-bond acceptors (Lipinski definition) is 2. The van der Waals surface area contributed by atoms with E-state index in [0.29, 0.717) is 12.1 Å². The van der Waals surface area contributed by atoms with E-state index in [1.807, 2.05) is 20.9 Å². The van der Waals surface area contributed by atoms with Gasteiger partial charge in [0.15, 0.2) is 0 Å². The summed E-state index contributed by atoms with van der Waals surface area (Å²) >= 11 is 0. The Morgan fingerprint density at radius 3 is 2.17 bits per heavy atom. The average molecular weight is 172 g/mol. The van der Waals surface area contributed by atoms with Crippen LogP contribution in [0.3, 0.4) is 0 Å². The summed E-state index contributed by atoms with van der Waals surface area (Å²) in [6.45, 7) is 10.6. The minimum absolute atomic E-state index is 0.0738. The first-order chi connectivity index (χ1) is 5.68. The molecule has 0 spiro atoms. The smallest absolute Gasteiger partial charge is 0.246 e. The number of carbonyl (C=O) groups excluding carboxylic acids is 1. The third-order valence-electron chi connectivity index (χ3n) is 1.05. The molecule has 1 amide bonds. The molecule has 0 atom stereocenters. The van der Waals surface area contributed by atoms with Gasteiger partial charge in [-0.3, -0.25) is 4.79 Å². The summed E-state index contributed by atoms with van der Waals surface area (Å²) in [5, 5.41) is 5.60. The number of hydrogen-bond donors (Lipinski definition) is 2. The van der Waals surface area contributed by atoms with Gasteiger partial charge in [-0.25, -0.2) is 0 Å². The molecule has 0 aromatic rings. The van der Waals surface area contributed by atoms with E-state index in [1.165, 1.54) is 0 Å². The maximum absolute atomic E-state index is 10.8. The first-order valence-corrected chi connectivity index (χ1v) is 4.26. The molecular formula is C9H20N2O. The van der Waals surface area contributed by atoms with Crippen molar-refractivity contribution in [3.05, 3.63) is 12.2 Å².